The number of tetrazole rings is 1. The van der Waals surface area contributed by atoms with Crippen LogP contribution in [-0.4, -0.2) is 58.6 Å². The zero-order valence-corrected chi connectivity index (χ0v) is 10.4. The van der Waals surface area contributed by atoms with E-state index in [1.165, 1.54) is 4.63 Å². The molecule has 0 bridgehead atoms. The van der Waals surface area contributed by atoms with Gasteiger partial charge in [0, 0.05) is 20.2 Å². The van der Waals surface area contributed by atoms with Crippen molar-refractivity contribution in [3.8, 4) is 0 Å². The van der Waals surface area contributed by atoms with Gasteiger partial charge in [-0.2, -0.15) is 0 Å². The van der Waals surface area contributed by atoms with E-state index < -0.39 is 0 Å². The van der Waals surface area contributed by atoms with Crippen molar-refractivity contribution in [2.45, 2.75) is 6.42 Å². The van der Waals surface area contributed by atoms with Crippen LogP contribution in [0.25, 0.3) is 5.65 Å². The Morgan fingerprint density at radius 1 is 1.39 bits per heavy atom. The van der Waals surface area contributed by atoms with Crippen LogP contribution in [0.3, 0.4) is 0 Å². The minimum atomic E-state index is 0.629. The summed E-state index contributed by atoms with van der Waals surface area (Å²) in [6.45, 7) is 2.88. The Morgan fingerprint density at radius 3 is 3.06 bits per heavy atom. The molecule has 98 valence electrons. The molecule has 0 radical (unpaired) electrons. The number of hydrogen-bond donors (Lipinski definition) is 1. The van der Waals surface area contributed by atoms with Gasteiger partial charge in [0.15, 0.2) is 11.5 Å². The molecule has 0 spiro atoms. The highest BCUT2D eigenvalue weighted by Crippen LogP contribution is 2.10. The summed E-state index contributed by atoms with van der Waals surface area (Å²) in [7, 11) is 1.68. The molecular weight excluding hydrogens is 234 g/mol. The number of anilines is 1. The molecule has 0 saturated heterocycles. The molecule has 2 N–H and O–H groups in total. The van der Waals surface area contributed by atoms with E-state index in [1.807, 2.05) is 12.1 Å². The van der Waals surface area contributed by atoms with Crippen molar-refractivity contribution in [3.63, 3.8) is 0 Å². The van der Waals surface area contributed by atoms with Crippen molar-refractivity contribution in [2.24, 2.45) is 5.73 Å². The van der Waals surface area contributed by atoms with E-state index in [0.717, 1.165) is 25.3 Å². The van der Waals surface area contributed by atoms with Crippen LogP contribution in [0.4, 0.5) is 5.82 Å². The van der Waals surface area contributed by atoms with E-state index in [-0.39, 0.29) is 0 Å². The number of hydrogen-bond acceptors (Lipinski definition) is 7. The van der Waals surface area contributed by atoms with Crippen molar-refractivity contribution < 1.29 is 4.74 Å². The Morgan fingerprint density at radius 2 is 2.28 bits per heavy atom. The molecule has 0 amide bonds. The lowest BCUT2D eigenvalue weighted by molar-refractivity contribution is 0.205. The molecule has 2 aromatic rings. The number of aromatic nitrogens is 5. The van der Waals surface area contributed by atoms with E-state index in [2.05, 4.69) is 25.5 Å². The Hall–Kier alpha value is -1.80. The largest absolute Gasteiger partial charge is 0.383 e. The molecule has 0 aromatic carbocycles. The highest BCUT2D eigenvalue weighted by molar-refractivity contribution is 5.44. The third-order valence-electron chi connectivity index (χ3n) is 2.58. The third-order valence-corrected chi connectivity index (χ3v) is 2.58. The average molecular weight is 251 g/mol. The molecule has 18 heavy (non-hydrogen) atoms. The second kappa shape index (κ2) is 6.22. The average Bonchev–Trinajstić information content (AvgIpc) is 2.86. The van der Waals surface area contributed by atoms with E-state index in [4.69, 9.17) is 10.5 Å². The Labute approximate surface area is 105 Å². The zero-order valence-electron chi connectivity index (χ0n) is 10.4. The molecule has 2 rings (SSSR count). The predicted molar refractivity (Wildman–Crippen MR) is 66.3 cm³/mol. The normalized spacial score (nSPS) is 11.0. The van der Waals surface area contributed by atoms with Gasteiger partial charge >= 0.3 is 0 Å². The van der Waals surface area contributed by atoms with Crippen LogP contribution in [0.15, 0.2) is 12.1 Å². The van der Waals surface area contributed by atoms with Crippen LogP contribution >= 0.6 is 0 Å². The number of nitrogens with zero attached hydrogens (tertiary/aromatic N) is 6. The lowest BCUT2D eigenvalue weighted by Crippen LogP contribution is -2.30. The van der Waals surface area contributed by atoms with Gasteiger partial charge in [-0.25, -0.2) is 0 Å². The van der Waals surface area contributed by atoms with Crippen LogP contribution < -0.4 is 10.6 Å². The van der Waals surface area contributed by atoms with Gasteiger partial charge in [0.05, 0.1) is 6.61 Å². The summed E-state index contributed by atoms with van der Waals surface area (Å²) < 4.78 is 6.51. The fourth-order valence-corrected chi connectivity index (χ4v) is 1.63. The van der Waals surface area contributed by atoms with E-state index >= 15 is 0 Å². The lowest BCUT2D eigenvalue weighted by Gasteiger charge is -2.22. The molecule has 0 aliphatic carbocycles. The molecular formula is C10H17N7O. The summed E-state index contributed by atoms with van der Waals surface area (Å²) in [6.07, 6.45) is 0.902. The highest BCUT2D eigenvalue weighted by atomic mass is 16.5. The third kappa shape index (κ3) is 2.90. The smallest absolute Gasteiger partial charge is 0.200 e. The van der Waals surface area contributed by atoms with E-state index in [1.54, 1.807) is 7.11 Å². The Kier molecular flexibility index (Phi) is 4.37. The molecule has 0 fully saturated rings. The first-order valence-corrected chi connectivity index (χ1v) is 5.84. The fraction of sp³-hybridized carbons (Fsp3) is 0.600. The van der Waals surface area contributed by atoms with Gasteiger partial charge in [-0.1, -0.05) is 0 Å². The number of nitrogens with two attached hydrogens (primary N) is 1. The van der Waals surface area contributed by atoms with Crippen LogP contribution in [0, 0.1) is 0 Å². The van der Waals surface area contributed by atoms with Crippen molar-refractivity contribution in [2.75, 3.05) is 38.3 Å². The topological polar surface area (TPSA) is 94.5 Å². The van der Waals surface area contributed by atoms with Crippen LogP contribution in [0.1, 0.15) is 6.42 Å². The quantitative estimate of drug-likeness (QED) is 0.696. The number of rotatable bonds is 7. The first kappa shape index (κ1) is 12.7. The van der Waals surface area contributed by atoms with Gasteiger partial charge in [0.2, 0.25) is 0 Å². The van der Waals surface area contributed by atoms with Gasteiger partial charge in [-0.15, -0.1) is 14.8 Å². The number of ether oxygens (including phenoxy) is 1. The minimum Gasteiger partial charge on any atom is -0.383 e. The van der Waals surface area contributed by atoms with E-state index in [0.29, 0.717) is 18.8 Å². The summed E-state index contributed by atoms with van der Waals surface area (Å²) in [4.78, 5) is 2.11. The molecule has 2 aromatic heterocycles. The number of methoxy groups -OCH3 is 1. The molecule has 0 atom stereocenters. The summed E-state index contributed by atoms with van der Waals surface area (Å²) in [6, 6.07) is 3.74. The van der Waals surface area contributed by atoms with Gasteiger partial charge < -0.3 is 15.4 Å². The molecule has 2 heterocycles. The fourth-order valence-electron chi connectivity index (χ4n) is 1.63. The molecule has 8 heteroatoms. The lowest BCUT2D eigenvalue weighted by atomic mass is 10.3. The molecule has 0 saturated carbocycles. The van der Waals surface area contributed by atoms with Crippen LogP contribution in [0.5, 0.6) is 0 Å². The van der Waals surface area contributed by atoms with Crippen molar-refractivity contribution in [3.05, 3.63) is 12.1 Å². The molecule has 8 nitrogen and oxygen atoms in total. The summed E-state index contributed by atoms with van der Waals surface area (Å²) in [5, 5.41) is 15.5. The summed E-state index contributed by atoms with van der Waals surface area (Å²) >= 11 is 0. The van der Waals surface area contributed by atoms with Gasteiger partial charge in [0.25, 0.3) is 0 Å². The number of fused-ring (bicyclic) bond motifs is 1. The molecule has 0 unspecified atom stereocenters. The Balaban J connectivity index is 2.16. The van der Waals surface area contributed by atoms with Crippen LogP contribution in [-0.2, 0) is 4.74 Å². The van der Waals surface area contributed by atoms with Gasteiger partial charge in [-0.05, 0) is 35.5 Å². The van der Waals surface area contributed by atoms with Crippen molar-refractivity contribution in [1.29, 1.82) is 0 Å². The zero-order chi connectivity index (χ0) is 12.8. The maximum atomic E-state index is 5.54. The SMILES string of the molecule is COCCN(CCCN)c1ccc2nnnn2n1. The highest BCUT2D eigenvalue weighted by Gasteiger charge is 2.09. The maximum absolute atomic E-state index is 5.54. The monoisotopic (exact) mass is 251 g/mol. The summed E-state index contributed by atoms with van der Waals surface area (Å²) in [5.74, 6) is 0.820. The predicted octanol–water partition coefficient (Wildman–Crippen LogP) is -0.679. The van der Waals surface area contributed by atoms with Crippen molar-refractivity contribution in [1.82, 2.24) is 25.3 Å². The first-order valence-electron chi connectivity index (χ1n) is 5.84. The van der Waals surface area contributed by atoms with Gasteiger partial charge in [0.1, 0.15) is 0 Å². The standard InChI is InChI=1S/C10H17N7O/c1-18-8-7-16(6-2-5-11)10-4-3-9-12-14-15-17(9)13-10/h3-4H,2,5-8,11H2,1H3. The Bertz CT molecular complexity index is 478. The maximum Gasteiger partial charge on any atom is 0.200 e. The first-order chi connectivity index (χ1) is 8.85. The minimum absolute atomic E-state index is 0.629. The second-order valence-electron chi connectivity index (χ2n) is 3.84. The van der Waals surface area contributed by atoms with E-state index in [9.17, 15) is 0 Å². The summed E-state index contributed by atoms with van der Waals surface area (Å²) in [5.41, 5.74) is 6.17. The molecule has 0 aliphatic rings. The molecule has 0 aliphatic heterocycles. The van der Waals surface area contributed by atoms with Crippen molar-refractivity contribution >= 4 is 11.5 Å². The second-order valence-corrected chi connectivity index (χ2v) is 3.84. The van der Waals surface area contributed by atoms with Gasteiger partial charge in [-0.3, -0.25) is 0 Å². The van der Waals surface area contributed by atoms with Crippen LogP contribution in [0.2, 0.25) is 0 Å².